The van der Waals surface area contributed by atoms with Crippen molar-refractivity contribution in [2.24, 2.45) is 5.14 Å². The lowest BCUT2D eigenvalue weighted by molar-refractivity contribution is -0.0626. The molecule has 0 bridgehead atoms. The van der Waals surface area contributed by atoms with E-state index in [4.69, 9.17) is 9.88 Å². The fourth-order valence-electron chi connectivity index (χ4n) is 2.35. The highest BCUT2D eigenvalue weighted by Crippen LogP contribution is 2.22. The summed E-state index contributed by atoms with van der Waals surface area (Å²) in [7, 11) is -3.70. The maximum Gasteiger partial charge on any atom is 0.238 e. The summed E-state index contributed by atoms with van der Waals surface area (Å²) in [5.74, 6) is 0. The first-order chi connectivity index (χ1) is 9.80. The summed E-state index contributed by atoms with van der Waals surface area (Å²) >= 11 is 0. The molecule has 1 unspecified atom stereocenters. The van der Waals surface area contributed by atoms with Gasteiger partial charge in [0.1, 0.15) is 0 Å². The minimum absolute atomic E-state index is 0.0847. The van der Waals surface area contributed by atoms with Crippen molar-refractivity contribution in [1.29, 1.82) is 0 Å². The molecule has 0 amide bonds. The second-order valence-corrected chi connectivity index (χ2v) is 7.12. The molecule has 1 aromatic carbocycles. The van der Waals surface area contributed by atoms with Gasteiger partial charge in [0, 0.05) is 38.6 Å². The number of sulfonamides is 1. The largest absolute Gasteiger partial charge is 0.388 e. The summed E-state index contributed by atoms with van der Waals surface area (Å²) in [4.78, 5) is 0.0958. The summed E-state index contributed by atoms with van der Waals surface area (Å²) in [6, 6.07) is 6.44. The highest BCUT2D eigenvalue weighted by Gasteiger charge is 2.29. The summed E-state index contributed by atoms with van der Waals surface area (Å²) < 4.78 is 28.0. The van der Waals surface area contributed by atoms with E-state index in [2.05, 4.69) is 5.32 Å². The van der Waals surface area contributed by atoms with E-state index in [1.54, 1.807) is 12.1 Å². The SMILES string of the molecule is CC(NCC1(O)CCOCC1)c1cccc(S(N)(=O)=O)c1. The Bertz CT molecular complexity index is 582. The number of hydrogen-bond donors (Lipinski definition) is 3. The van der Waals surface area contributed by atoms with Crippen molar-refractivity contribution < 1.29 is 18.3 Å². The van der Waals surface area contributed by atoms with E-state index in [1.807, 2.05) is 13.0 Å². The summed E-state index contributed by atoms with van der Waals surface area (Å²) in [6.45, 7) is 3.49. The molecule has 118 valence electrons. The zero-order chi connectivity index (χ0) is 15.5. The Morgan fingerprint density at radius 3 is 2.71 bits per heavy atom. The number of nitrogens with two attached hydrogens (primary N) is 1. The van der Waals surface area contributed by atoms with E-state index in [-0.39, 0.29) is 10.9 Å². The Balaban J connectivity index is 2.02. The Labute approximate surface area is 125 Å². The average molecular weight is 314 g/mol. The molecule has 1 atom stereocenters. The first-order valence-corrected chi connectivity index (χ1v) is 8.51. The molecule has 1 aromatic rings. The first-order valence-electron chi connectivity index (χ1n) is 6.96. The Hall–Kier alpha value is -0.990. The number of nitrogens with one attached hydrogen (secondary N) is 1. The zero-order valence-electron chi connectivity index (χ0n) is 12.1. The molecule has 0 saturated carbocycles. The molecule has 1 heterocycles. The third-order valence-electron chi connectivity index (χ3n) is 3.85. The summed E-state index contributed by atoms with van der Waals surface area (Å²) in [5.41, 5.74) is 0.0570. The van der Waals surface area contributed by atoms with Gasteiger partial charge in [-0.2, -0.15) is 0 Å². The molecule has 1 fully saturated rings. The highest BCUT2D eigenvalue weighted by molar-refractivity contribution is 7.89. The second-order valence-electron chi connectivity index (χ2n) is 5.56. The number of primary sulfonamides is 1. The third kappa shape index (κ3) is 4.49. The van der Waals surface area contributed by atoms with Crippen molar-refractivity contribution in [3.8, 4) is 0 Å². The van der Waals surface area contributed by atoms with E-state index < -0.39 is 15.6 Å². The van der Waals surface area contributed by atoms with E-state index in [0.29, 0.717) is 32.6 Å². The van der Waals surface area contributed by atoms with Gasteiger partial charge >= 0.3 is 0 Å². The molecule has 0 radical (unpaired) electrons. The predicted octanol–water partition coefficient (Wildman–Crippen LogP) is 0.526. The van der Waals surface area contributed by atoms with E-state index >= 15 is 0 Å². The van der Waals surface area contributed by atoms with Crippen LogP contribution in [0.2, 0.25) is 0 Å². The molecule has 0 aromatic heterocycles. The molecular formula is C14H22N2O4S. The lowest BCUT2D eigenvalue weighted by atomic mass is 9.94. The fraction of sp³-hybridized carbons (Fsp3) is 0.571. The molecule has 1 aliphatic rings. The quantitative estimate of drug-likeness (QED) is 0.736. The van der Waals surface area contributed by atoms with Gasteiger partial charge in [0.15, 0.2) is 0 Å². The average Bonchev–Trinajstić information content (AvgIpc) is 2.45. The lowest BCUT2D eigenvalue weighted by Gasteiger charge is -2.33. The van der Waals surface area contributed by atoms with Gasteiger partial charge in [0.2, 0.25) is 10.0 Å². The lowest BCUT2D eigenvalue weighted by Crippen LogP contribution is -2.45. The molecule has 2 rings (SSSR count). The molecule has 0 spiro atoms. The predicted molar refractivity (Wildman–Crippen MR) is 79.2 cm³/mol. The van der Waals surface area contributed by atoms with Crippen molar-refractivity contribution in [3.05, 3.63) is 29.8 Å². The number of aliphatic hydroxyl groups is 1. The van der Waals surface area contributed by atoms with Crippen LogP contribution in [0.1, 0.15) is 31.4 Å². The molecule has 6 nitrogen and oxygen atoms in total. The zero-order valence-corrected chi connectivity index (χ0v) is 12.9. The topological polar surface area (TPSA) is 102 Å². The highest BCUT2D eigenvalue weighted by atomic mass is 32.2. The number of benzene rings is 1. The minimum Gasteiger partial charge on any atom is -0.388 e. The van der Waals surface area contributed by atoms with Gasteiger partial charge in [-0.05, 0) is 24.6 Å². The van der Waals surface area contributed by atoms with Crippen LogP contribution in [0.3, 0.4) is 0 Å². The van der Waals surface area contributed by atoms with Crippen molar-refractivity contribution in [2.45, 2.75) is 36.3 Å². The standard InChI is InChI=1S/C14H22N2O4S/c1-11(16-10-14(17)5-7-20-8-6-14)12-3-2-4-13(9-12)21(15,18)19/h2-4,9,11,16-17H,5-8,10H2,1H3,(H2,15,18,19). The van der Waals surface area contributed by atoms with Crippen molar-refractivity contribution in [3.63, 3.8) is 0 Å². The van der Waals surface area contributed by atoms with Gasteiger partial charge in [-0.15, -0.1) is 0 Å². The molecule has 0 aliphatic carbocycles. The monoisotopic (exact) mass is 314 g/mol. The Kier molecular flexibility index (Phi) is 5.00. The van der Waals surface area contributed by atoms with Crippen LogP contribution < -0.4 is 10.5 Å². The van der Waals surface area contributed by atoms with Gasteiger partial charge in [-0.25, -0.2) is 13.6 Å². The number of hydrogen-bond acceptors (Lipinski definition) is 5. The fourth-order valence-corrected chi connectivity index (χ4v) is 2.92. The van der Waals surface area contributed by atoms with Crippen molar-refractivity contribution >= 4 is 10.0 Å². The van der Waals surface area contributed by atoms with E-state index in [1.165, 1.54) is 6.07 Å². The summed E-state index contributed by atoms with van der Waals surface area (Å²) in [5, 5.41) is 18.8. The molecule has 21 heavy (non-hydrogen) atoms. The van der Waals surface area contributed by atoms with Gasteiger partial charge in [0.05, 0.1) is 10.5 Å². The van der Waals surface area contributed by atoms with Gasteiger partial charge in [-0.3, -0.25) is 0 Å². The van der Waals surface area contributed by atoms with Crippen molar-refractivity contribution in [1.82, 2.24) is 5.32 Å². The smallest absolute Gasteiger partial charge is 0.238 e. The molecule has 4 N–H and O–H groups in total. The van der Waals surface area contributed by atoms with Gasteiger partial charge in [0.25, 0.3) is 0 Å². The van der Waals surface area contributed by atoms with Crippen LogP contribution in [-0.4, -0.2) is 38.9 Å². The van der Waals surface area contributed by atoms with Crippen molar-refractivity contribution in [2.75, 3.05) is 19.8 Å². The maximum absolute atomic E-state index is 11.4. The van der Waals surface area contributed by atoms with Crippen LogP contribution in [0.25, 0.3) is 0 Å². The minimum atomic E-state index is -3.70. The first kappa shape index (κ1) is 16.4. The van der Waals surface area contributed by atoms with Crippen LogP contribution in [0.4, 0.5) is 0 Å². The van der Waals surface area contributed by atoms with Crippen LogP contribution in [-0.2, 0) is 14.8 Å². The molecule has 1 saturated heterocycles. The normalized spacial score (nSPS) is 20.1. The Morgan fingerprint density at radius 2 is 2.10 bits per heavy atom. The number of rotatable bonds is 5. The molecular weight excluding hydrogens is 292 g/mol. The van der Waals surface area contributed by atoms with Gasteiger partial charge in [-0.1, -0.05) is 12.1 Å². The van der Waals surface area contributed by atoms with Crippen LogP contribution in [0.15, 0.2) is 29.2 Å². The molecule has 1 aliphatic heterocycles. The van der Waals surface area contributed by atoms with Gasteiger partial charge < -0.3 is 15.2 Å². The van der Waals surface area contributed by atoms with Crippen LogP contribution in [0, 0.1) is 0 Å². The summed E-state index contributed by atoms with van der Waals surface area (Å²) in [6.07, 6.45) is 1.20. The van der Waals surface area contributed by atoms with E-state index in [9.17, 15) is 13.5 Å². The maximum atomic E-state index is 11.4. The molecule has 7 heteroatoms. The Morgan fingerprint density at radius 1 is 1.43 bits per heavy atom. The number of ether oxygens (including phenoxy) is 1. The van der Waals surface area contributed by atoms with Crippen LogP contribution >= 0.6 is 0 Å². The second kappa shape index (κ2) is 6.41. The van der Waals surface area contributed by atoms with Crippen LogP contribution in [0.5, 0.6) is 0 Å². The van der Waals surface area contributed by atoms with E-state index in [0.717, 1.165) is 5.56 Å². The third-order valence-corrected chi connectivity index (χ3v) is 4.76.